The second-order valence-electron chi connectivity index (χ2n) is 4.10. The van der Waals surface area contributed by atoms with E-state index in [9.17, 15) is 18.4 Å². The highest BCUT2D eigenvalue weighted by Crippen LogP contribution is 2.26. The quantitative estimate of drug-likeness (QED) is 0.591. The molecule has 22 heavy (non-hydrogen) atoms. The molecule has 1 aliphatic heterocycles. The summed E-state index contributed by atoms with van der Waals surface area (Å²) in [6, 6.07) is 1.42. The van der Waals surface area contributed by atoms with Crippen LogP contribution in [0.5, 0.6) is 0 Å². The van der Waals surface area contributed by atoms with Gasteiger partial charge in [0, 0.05) is 13.1 Å². The van der Waals surface area contributed by atoms with Crippen molar-refractivity contribution < 1.29 is 18.4 Å². The van der Waals surface area contributed by atoms with Crippen molar-refractivity contribution in [3.05, 3.63) is 39.5 Å². The van der Waals surface area contributed by atoms with Gasteiger partial charge in [0.2, 0.25) is 5.84 Å². The van der Waals surface area contributed by atoms with Crippen LogP contribution in [-0.4, -0.2) is 29.7 Å². The van der Waals surface area contributed by atoms with Gasteiger partial charge in [-0.1, -0.05) is 34.8 Å². The third-order valence-corrected chi connectivity index (χ3v) is 3.48. The lowest BCUT2D eigenvalue weighted by atomic mass is 10.2. The molecule has 0 spiro atoms. The summed E-state index contributed by atoms with van der Waals surface area (Å²) in [5, 5.41) is -0.404. The molecule has 1 aromatic rings. The number of amidine groups is 1. The maximum atomic E-state index is 13.2. The Morgan fingerprint density at radius 2 is 1.64 bits per heavy atom. The van der Waals surface area contributed by atoms with Crippen LogP contribution < -0.4 is 4.90 Å². The van der Waals surface area contributed by atoms with Crippen LogP contribution in [0.25, 0.3) is 0 Å². The van der Waals surface area contributed by atoms with E-state index >= 15 is 0 Å². The van der Waals surface area contributed by atoms with Gasteiger partial charge < -0.3 is 0 Å². The van der Waals surface area contributed by atoms with Gasteiger partial charge in [0.25, 0.3) is 0 Å². The molecular weight excluding hydrogens is 363 g/mol. The zero-order valence-electron chi connectivity index (χ0n) is 10.8. The topological polar surface area (TPSA) is 53.0 Å². The average Bonchev–Trinajstić information content (AvgIpc) is 2.61. The SMILES string of the molecule is CN1C(=O)N(c2cc(F)cc(F)c2)C(=O)/C1=N\C(Cl)=C(Cl)Cl. The number of carbonyl (C=O) groups is 2. The molecule has 1 saturated heterocycles. The predicted octanol–water partition coefficient (Wildman–Crippen LogP) is 3.60. The summed E-state index contributed by atoms with van der Waals surface area (Å²) >= 11 is 16.4. The Balaban J connectivity index is 2.50. The van der Waals surface area contributed by atoms with E-state index in [1.54, 1.807) is 0 Å². The monoisotopic (exact) mass is 367 g/mol. The van der Waals surface area contributed by atoms with Gasteiger partial charge in [-0.25, -0.2) is 23.5 Å². The number of nitrogens with zero attached hydrogens (tertiary/aromatic N) is 3. The highest BCUT2D eigenvalue weighted by Gasteiger charge is 2.42. The van der Waals surface area contributed by atoms with Gasteiger partial charge >= 0.3 is 11.9 Å². The van der Waals surface area contributed by atoms with Crippen molar-refractivity contribution >= 4 is 58.3 Å². The Labute approximate surface area is 138 Å². The van der Waals surface area contributed by atoms with Crippen molar-refractivity contribution in [2.45, 2.75) is 0 Å². The van der Waals surface area contributed by atoms with E-state index in [0.29, 0.717) is 11.0 Å². The zero-order valence-corrected chi connectivity index (χ0v) is 13.0. The molecule has 0 atom stereocenters. The molecule has 1 aliphatic rings. The summed E-state index contributed by atoms with van der Waals surface area (Å²) in [5.74, 6) is -3.19. The van der Waals surface area contributed by atoms with Crippen molar-refractivity contribution in [1.29, 1.82) is 0 Å². The molecule has 3 amide bonds. The first-order chi connectivity index (χ1) is 10.2. The molecule has 1 heterocycles. The summed E-state index contributed by atoms with van der Waals surface area (Å²) in [7, 11) is 1.24. The van der Waals surface area contributed by atoms with E-state index in [-0.39, 0.29) is 5.69 Å². The first kappa shape index (κ1) is 16.7. The summed E-state index contributed by atoms with van der Waals surface area (Å²) < 4.78 is 26.1. The Kier molecular flexibility index (Phi) is 4.69. The number of anilines is 1. The number of hydrogen-bond donors (Lipinski definition) is 0. The van der Waals surface area contributed by atoms with Crippen LogP contribution in [0.1, 0.15) is 0 Å². The van der Waals surface area contributed by atoms with Gasteiger partial charge in [0.1, 0.15) is 16.1 Å². The van der Waals surface area contributed by atoms with Crippen molar-refractivity contribution in [3.8, 4) is 0 Å². The van der Waals surface area contributed by atoms with Crippen molar-refractivity contribution in [1.82, 2.24) is 4.90 Å². The summed E-state index contributed by atoms with van der Waals surface area (Å²) in [5.41, 5.74) is -0.276. The van der Waals surface area contributed by atoms with E-state index in [0.717, 1.165) is 17.0 Å². The summed E-state index contributed by atoms with van der Waals surface area (Å²) in [6.45, 7) is 0. The highest BCUT2D eigenvalue weighted by molar-refractivity contribution is 6.60. The minimum atomic E-state index is -0.939. The smallest absolute Gasteiger partial charge is 0.276 e. The molecule has 5 nitrogen and oxygen atoms in total. The Morgan fingerprint density at radius 3 is 2.14 bits per heavy atom. The molecule has 1 fully saturated rings. The molecule has 2 rings (SSSR count). The molecule has 0 unspecified atom stereocenters. The maximum Gasteiger partial charge on any atom is 0.337 e. The first-order valence-corrected chi connectivity index (χ1v) is 6.73. The highest BCUT2D eigenvalue weighted by atomic mass is 35.5. The summed E-state index contributed by atoms with van der Waals surface area (Å²) in [6.07, 6.45) is 0. The van der Waals surface area contributed by atoms with E-state index in [2.05, 4.69) is 4.99 Å². The fraction of sp³-hybridized carbons (Fsp3) is 0.0833. The fourth-order valence-corrected chi connectivity index (χ4v) is 1.89. The van der Waals surface area contributed by atoms with Gasteiger partial charge in [-0.05, 0) is 12.1 Å². The van der Waals surface area contributed by atoms with Gasteiger partial charge in [-0.3, -0.25) is 9.69 Å². The van der Waals surface area contributed by atoms with Crippen molar-refractivity contribution in [2.24, 2.45) is 4.99 Å². The molecule has 0 aliphatic carbocycles. The van der Waals surface area contributed by atoms with Crippen LogP contribution in [0.2, 0.25) is 0 Å². The minimum Gasteiger partial charge on any atom is -0.276 e. The van der Waals surface area contributed by atoms with Crippen LogP contribution in [0.4, 0.5) is 19.3 Å². The number of amides is 3. The standard InChI is InChI=1S/C12H6Cl3F2N3O2/c1-19-10(18-9(15)8(13)14)11(21)20(12(19)22)7-3-5(16)2-6(17)4-7/h2-4H,1H3/b18-10+. The van der Waals surface area contributed by atoms with Gasteiger partial charge in [-0.2, -0.15) is 0 Å². The number of urea groups is 1. The van der Waals surface area contributed by atoms with E-state index in [1.165, 1.54) is 7.05 Å². The molecule has 0 saturated carbocycles. The van der Waals surface area contributed by atoms with Crippen LogP contribution in [0, 0.1) is 11.6 Å². The number of likely N-dealkylation sites (N-methyl/N-ethyl adjacent to an activating group) is 1. The lowest BCUT2D eigenvalue weighted by molar-refractivity contribution is -0.111. The fourth-order valence-electron chi connectivity index (χ4n) is 1.73. The normalized spacial score (nSPS) is 16.7. The minimum absolute atomic E-state index is 0.276. The second-order valence-corrected chi connectivity index (χ2v) is 5.40. The molecule has 116 valence electrons. The second kappa shape index (κ2) is 6.20. The van der Waals surface area contributed by atoms with Gasteiger partial charge in [0.05, 0.1) is 5.69 Å². The third-order valence-electron chi connectivity index (χ3n) is 2.66. The number of halogens is 5. The summed E-state index contributed by atoms with van der Waals surface area (Å²) in [4.78, 5) is 29.3. The van der Waals surface area contributed by atoms with E-state index < -0.39 is 39.1 Å². The van der Waals surface area contributed by atoms with Gasteiger partial charge in [0.15, 0.2) is 5.16 Å². The number of aliphatic imine (C=N–C) groups is 1. The Bertz CT molecular complexity index is 712. The molecule has 0 bridgehead atoms. The first-order valence-electron chi connectivity index (χ1n) is 5.60. The molecular formula is C12H6Cl3F2N3O2. The predicted molar refractivity (Wildman–Crippen MR) is 79.0 cm³/mol. The number of rotatable bonds is 2. The van der Waals surface area contributed by atoms with Crippen LogP contribution >= 0.6 is 34.8 Å². The Morgan fingerprint density at radius 1 is 1.09 bits per heavy atom. The number of hydrogen-bond acceptors (Lipinski definition) is 3. The zero-order chi connectivity index (χ0) is 16.6. The lowest BCUT2D eigenvalue weighted by Crippen LogP contribution is -2.31. The van der Waals surface area contributed by atoms with Crippen molar-refractivity contribution in [3.63, 3.8) is 0 Å². The average molecular weight is 369 g/mol. The third kappa shape index (κ3) is 3.06. The van der Waals surface area contributed by atoms with Crippen molar-refractivity contribution in [2.75, 3.05) is 11.9 Å². The van der Waals surface area contributed by atoms with Crippen LogP contribution in [-0.2, 0) is 4.79 Å². The van der Waals surface area contributed by atoms with Crippen LogP contribution in [0.3, 0.4) is 0 Å². The number of imide groups is 1. The molecule has 0 N–H and O–H groups in total. The molecule has 0 aromatic heterocycles. The number of benzene rings is 1. The largest absolute Gasteiger partial charge is 0.337 e. The molecule has 0 radical (unpaired) electrons. The number of carbonyl (C=O) groups excluding carboxylic acids is 2. The maximum absolute atomic E-state index is 13.2. The Hall–Kier alpha value is -1.70. The van der Waals surface area contributed by atoms with Crippen LogP contribution in [0.15, 0.2) is 32.8 Å². The van der Waals surface area contributed by atoms with E-state index in [1.807, 2.05) is 0 Å². The molecule has 10 heteroatoms. The lowest BCUT2D eigenvalue weighted by Gasteiger charge is -2.13. The van der Waals surface area contributed by atoms with E-state index in [4.69, 9.17) is 34.8 Å². The van der Waals surface area contributed by atoms with Gasteiger partial charge in [-0.15, -0.1) is 0 Å². The molecule has 1 aromatic carbocycles.